The van der Waals surface area contributed by atoms with E-state index in [0.717, 1.165) is 12.1 Å². The Balaban J connectivity index is 2.84. The number of nitrogens with zero attached hydrogens (tertiary/aromatic N) is 1. The molecule has 108 valence electrons. The Morgan fingerprint density at radius 3 is 2.50 bits per heavy atom. The van der Waals surface area contributed by atoms with Crippen LogP contribution in [0.1, 0.15) is 0 Å². The lowest BCUT2D eigenvalue weighted by Gasteiger charge is -2.05. The van der Waals surface area contributed by atoms with Crippen LogP contribution in [0.25, 0.3) is 0 Å². The number of non-ortho nitro benzene ring substituents is 1. The van der Waals surface area contributed by atoms with Crippen LogP contribution in [0.4, 0.5) is 5.69 Å². The summed E-state index contributed by atoms with van der Waals surface area (Å²) in [5.41, 5.74) is -0.175. The van der Waals surface area contributed by atoms with E-state index in [1.54, 1.807) is 0 Å². The molecule has 0 aromatic heterocycles. The highest BCUT2D eigenvalue weighted by atomic mass is 35.5. The van der Waals surface area contributed by atoms with E-state index in [9.17, 15) is 18.5 Å². The molecule has 0 aliphatic rings. The van der Waals surface area contributed by atoms with Crippen LogP contribution in [0.2, 0.25) is 0 Å². The van der Waals surface area contributed by atoms with Gasteiger partial charge in [0.1, 0.15) is 12.0 Å². The second-order valence-corrected chi connectivity index (χ2v) is 6.32. The molecule has 0 radical (unpaired) electrons. The van der Waals surface area contributed by atoms with E-state index in [4.69, 9.17) is 16.3 Å². The van der Waals surface area contributed by atoms with E-state index in [1.165, 1.54) is 19.2 Å². The molecule has 8 heteroatoms. The molecule has 0 N–H and O–H groups in total. The molecule has 0 aliphatic carbocycles. The fourth-order valence-electron chi connectivity index (χ4n) is 1.33. The zero-order valence-electron chi connectivity index (χ0n) is 10.6. The zero-order chi connectivity index (χ0) is 15.2. The third-order valence-electron chi connectivity index (χ3n) is 2.25. The number of nitro groups is 1. The smallest absolute Gasteiger partial charge is 0.269 e. The molecule has 1 atom stereocenters. The maximum atomic E-state index is 12.0. The summed E-state index contributed by atoms with van der Waals surface area (Å²) in [6, 6.07) is 4.62. The molecule has 0 bridgehead atoms. The number of halogens is 1. The third kappa shape index (κ3) is 4.81. The topological polar surface area (TPSA) is 86.5 Å². The normalized spacial score (nSPS) is 12.3. The van der Waals surface area contributed by atoms with E-state index in [-0.39, 0.29) is 22.9 Å². The van der Waals surface area contributed by atoms with Gasteiger partial charge in [-0.2, -0.15) is 0 Å². The molecule has 0 fully saturated rings. The highest BCUT2D eigenvalue weighted by molar-refractivity contribution is 7.91. The highest BCUT2D eigenvalue weighted by Crippen LogP contribution is 2.18. The Morgan fingerprint density at radius 1 is 1.40 bits per heavy atom. The minimum absolute atomic E-state index is 0.0257. The number of benzene rings is 1. The second-order valence-electron chi connectivity index (χ2n) is 3.75. The number of hydrogen-bond acceptors (Lipinski definition) is 5. The lowest BCUT2D eigenvalue weighted by Crippen LogP contribution is -2.15. The highest BCUT2D eigenvalue weighted by Gasteiger charge is 2.19. The summed E-state index contributed by atoms with van der Waals surface area (Å²) < 4.78 is 28.7. The Hall–Kier alpha value is -1.62. The molecule has 1 unspecified atom stereocenters. The average molecular weight is 318 g/mol. The first-order chi connectivity index (χ1) is 9.36. The van der Waals surface area contributed by atoms with Gasteiger partial charge in [0, 0.05) is 19.2 Å². The number of ether oxygens (including phenoxy) is 1. The van der Waals surface area contributed by atoms with Gasteiger partial charge < -0.3 is 4.74 Å². The van der Waals surface area contributed by atoms with Crippen LogP contribution >= 0.6 is 11.6 Å². The summed E-state index contributed by atoms with van der Waals surface area (Å²) in [5.74, 6) is 4.75. The molecule has 1 aromatic carbocycles. The van der Waals surface area contributed by atoms with Crippen molar-refractivity contribution in [3.63, 3.8) is 0 Å². The minimum Gasteiger partial charge on any atom is -0.372 e. The Kier molecular flexibility index (Phi) is 5.95. The van der Waals surface area contributed by atoms with Crippen LogP contribution in [0.5, 0.6) is 0 Å². The maximum absolute atomic E-state index is 12.0. The molecule has 1 rings (SSSR count). The van der Waals surface area contributed by atoms with Crippen LogP contribution in [0.15, 0.2) is 29.2 Å². The molecule has 0 heterocycles. The molecular weight excluding hydrogens is 306 g/mol. The first-order valence-electron chi connectivity index (χ1n) is 5.45. The molecule has 1 aromatic rings. The summed E-state index contributed by atoms with van der Waals surface area (Å²) in [5, 5.41) is 9.62. The largest absolute Gasteiger partial charge is 0.372 e. The molecule has 0 saturated heterocycles. The van der Waals surface area contributed by atoms with Crippen molar-refractivity contribution in [2.75, 3.05) is 19.5 Å². The molecule has 0 spiro atoms. The number of methoxy groups -OCH3 is 1. The summed E-state index contributed by atoms with van der Waals surface area (Å²) in [6.45, 7) is 0.167. The molecule has 20 heavy (non-hydrogen) atoms. The lowest BCUT2D eigenvalue weighted by molar-refractivity contribution is -0.384. The monoisotopic (exact) mass is 317 g/mol. The summed E-state index contributed by atoms with van der Waals surface area (Å²) in [7, 11) is -2.17. The van der Waals surface area contributed by atoms with Gasteiger partial charge in [0.2, 0.25) is 0 Å². The molecule has 0 saturated carbocycles. The van der Waals surface area contributed by atoms with Crippen molar-refractivity contribution in [2.45, 2.75) is 10.3 Å². The Labute approximate surface area is 121 Å². The van der Waals surface area contributed by atoms with Crippen molar-refractivity contribution in [1.82, 2.24) is 0 Å². The SMILES string of the molecule is COCC#CC(Cl)CS(=O)(=O)c1ccc([N+](=O)[O-])cc1. The van der Waals surface area contributed by atoms with Gasteiger partial charge in [-0.1, -0.05) is 11.8 Å². The first-order valence-corrected chi connectivity index (χ1v) is 7.54. The number of sulfone groups is 1. The lowest BCUT2D eigenvalue weighted by atomic mass is 10.3. The number of alkyl halides is 1. The standard InChI is InChI=1S/C12H12ClNO5S/c1-19-8-2-3-10(13)9-20(17,18)12-6-4-11(5-7-12)14(15)16/h4-7,10H,8-9H2,1H3. The molecular formula is C12H12ClNO5S. The zero-order valence-corrected chi connectivity index (χ0v) is 12.1. The van der Waals surface area contributed by atoms with Crippen LogP contribution in [-0.2, 0) is 14.6 Å². The summed E-state index contributed by atoms with van der Waals surface area (Å²) in [6.07, 6.45) is 0. The maximum Gasteiger partial charge on any atom is 0.269 e. The minimum atomic E-state index is -3.64. The Morgan fingerprint density at radius 2 is 2.00 bits per heavy atom. The van der Waals surface area contributed by atoms with E-state index >= 15 is 0 Å². The second kappa shape index (κ2) is 7.24. The van der Waals surface area contributed by atoms with Crippen molar-refractivity contribution in [3.8, 4) is 11.8 Å². The van der Waals surface area contributed by atoms with Gasteiger partial charge in [-0.3, -0.25) is 10.1 Å². The van der Waals surface area contributed by atoms with Crippen LogP contribution in [-0.4, -0.2) is 38.2 Å². The van der Waals surface area contributed by atoms with E-state index in [2.05, 4.69) is 11.8 Å². The first kappa shape index (κ1) is 16.4. The van der Waals surface area contributed by atoms with Gasteiger partial charge in [0.05, 0.1) is 15.6 Å². The van der Waals surface area contributed by atoms with Crippen molar-refractivity contribution in [1.29, 1.82) is 0 Å². The van der Waals surface area contributed by atoms with E-state index < -0.39 is 20.1 Å². The molecule has 6 nitrogen and oxygen atoms in total. The van der Waals surface area contributed by atoms with Gasteiger partial charge in [-0.05, 0) is 12.1 Å². The number of rotatable bonds is 5. The van der Waals surface area contributed by atoms with Crippen molar-refractivity contribution in [3.05, 3.63) is 34.4 Å². The van der Waals surface area contributed by atoms with Gasteiger partial charge in [-0.25, -0.2) is 8.42 Å². The van der Waals surface area contributed by atoms with Crippen LogP contribution in [0, 0.1) is 22.0 Å². The quantitative estimate of drug-likeness (QED) is 0.356. The van der Waals surface area contributed by atoms with Gasteiger partial charge in [-0.15, -0.1) is 11.6 Å². The Bertz CT molecular complexity index is 630. The van der Waals surface area contributed by atoms with Crippen LogP contribution in [0.3, 0.4) is 0 Å². The van der Waals surface area contributed by atoms with Gasteiger partial charge in [0.15, 0.2) is 9.84 Å². The summed E-state index contributed by atoms with van der Waals surface area (Å²) >= 11 is 5.82. The fraction of sp³-hybridized carbons (Fsp3) is 0.333. The average Bonchev–Trinajstić information content (AvgIpc) is 2.38. The van der Waals surface area contributed by atoms with Crippen molar-refractivity contribution < 1.29 is 18.1 Å². The summed E-state index contributed by atoms with van der Waals surface area (Å²) in [4.78, 5) is 9.87. The fourth-order valence-corrected chi connectivity index (χ4v) is 3.12. The van der Waals surface area contributed by atoms with E-state index in [0.29, 0.717) is 0 Å². The number of nitro benzene ring substituents is 1. The van der Waals surface area contributed by atoms with Gasteiger partial charge >= 0.3 is 0 Å². The van der Waals surface area contributed by atoms with Crippen molar-refractivity contribution in [2.24, 2.45) is 0 Å². The molecule has 0 amide bonds. The van der Waals surface area contributed by atoms with Crippen LogP contribution < -0.4 is 0 Å². The third-order valence-corrected chi connectivity index (χ3v) is 4.46. The molecule has 0 aliphatic heterocycles. The predicted molar refractivity (Wildman–Crippen MR) is 74.4 cm³/mol. The number of hydrogen-bond donors (Lipinski definition) is 0. The van der Waals surface area contributed by atoms with Crippen molar-refractivity contribution >= 4 is 27.1 Å². The van der Waals surface area contributed by atoms with E-state index in [1.807, 2.05) is 0 Å². The van der Waals surface area contributed by atoms with Gasteiger partial charge in [0.25, 0.3) is 5.69 Å². The predicted octanol–water partition coefficient (Wildman–Crippen LogP) is 1.63.